The van der Waals surface area contributed by atoms with Crippen LogP contribution in [0.5, 0.6) is 0 Å². The molecular weight excluding hydrogens is 256 g/mol. The number of carbonyl (C=O) groups excluding carboxylic acids is 1. The molecule has 2 rings (SSSR count). The minimum absolute atomic E-state index is 0.0505. The summed E-state index contributed by atoms with van der Waals surface area (Å²) in [6, 6.07) is 0.338. The molecule has 1 saturated heterocycles. The third-order valence-electron chi connectivity index (χ3n) is 4.70. The molecule has 5 nitrogen and oxygen atoms in total. The lowest BCUT2D eigenvalue weighted by Gasteiger charge is -2.24. The van der Waals surface area contributed by atoms with Gasteiger partial charge in [0.2, 0.25) is 5.91 Å². The molecule has 114 valence electrons. The third-order valence-corrected chi connectivity index (χ3v) is 4.70. The lowest BCUT2D eigenvalue weighted by molar-refractivity contribution is -0.148. The van der Waals surface area contributed by atoms with Crippen molar-refractivity contribution in [3.63, 3.8) is 0 Å². The minimum atomic E-state index is -0.710. The van der Waals surface area contributed by atoms with E-state index in [-0.39, 0.29) is 5.91 Å². The molecule has 1 unspecified atom stereocenters. The predicted molar refractivity (Wildman–Crippen MR) is 76.4 cm³/mol. The monoisotopic (exact) mass is 282 g/mol. The molecule has 0 radical (unpaired) electrons. The van der Waals surface area contributed by atoms with Gasteiger partial charge in [-0.1, -0.05) is 26.2 Å². The second-order valence-electron chi connectivity index (χ2n) is 6.35. The lowest BCUT2D eigenvalue weighted by atomic mass is 9.83. The Labute approximate surface area is 120 Å². The Bertz CT molecular complexity index is 366. The highest BCUT2D eigenvalue weighted by atomic mass is 16.4. The Morgan fingerprint density at radius 2 is 2.05 bits per heavy atom. The number of nitrogens with one attached hydrogen (secondary N) is 1. The Kier molecular flexibility index (Phi) is 5.02. The van der Waals surface area contributed by atoms with E-state index in [0.29, 0.717) is 38.5 Å². The van der Waals surface area contributed by atoms with Crippen LogP contribution in [0.4, 0.5) is 0 Å². The SMILES string of the molecule is CCCC1(C(=O)O)CCN(CC(=O)NC2CCCC2)C1. The Morgan fingerprint density at radius 1 is 1.35 bits per heavy atom. The fourth-order valence-corrected chi connectivity index (χ4v) is 3.60. The van der Waals surface area contributed by atoms with Crippen molar-refractivity contribution < 1.29 is 14.7 Å². The van der Waals surface area contributed by atoms with E-state index in [9.17, 15) is 14.7 Å². The van der Waals surface area contributed by atoms with Crippen molar-refractivity contribution in [1.29, 1.82) is 0 Å². The van der Waals surface area contributed by atoms with E-state index >= 15 is 0 Å². The van der Waals surface area contributed by atoms with Gasteiger partial charge in [0.1, 0.15) is 0 Å². The van der Waals surface area contributed by atoms with Crippen LogP contribution < -0.4 is 5.32 Å². The number of likely N-dealkylation sites (tertiary alicyclic amines) is 1. The van der Waals surface area contributed by atoms with Crippen LogP contribution >= 0.6 is 0 Å². The van der Waals surface area contributed by atoms with Gasteiger partial charge in [-0.05, 0) is 32.2 Å². The molecule has 1 atom stereocenters. The van der Waals surface area contributed by atoms with E-state index in [0.717, 1.165) is 19.3 Å². The fourth-order valence-electron chi connectivity index (χ4n) is 3.60. The number of hydrogen-bond acceptors (Lipinski definition) is 3. The Morgan fingerprint density at radius 3 is 2.65 bits per heavy atom. The quantitative estimate of drug-likeness (QED) is 0.777. The topological polar surface area (TPSA) is 69.6 Å². The molecule has 0 spiro atoms. The van der Waals surface area contributed by atoms with Gasteiger partial charge in [-0.2, -0.15) is 0 Å². The van der Waals surface area contributed by atoms with Crippen LogP contribution in [-0.2, 0) is 9.59 Å². The van der Waals surface area contributed by atoms with Crippen molar-refractivity contribution in [2.75, 3.05) is 19.6 Å². The molecular formula is C15H26N2O3. The van der Waals surface area contributed by atoms with Crippen LogP contribution in [0.3, 0.4) is 0 Å². The number of hydrogen-bond donors (Lipinski definition) is 2. The van der Waals surface area contributed by atoms with Crippen molar-refractivity contribution >= 4 is 11.9 Å². The maximum Gasteiger partial charge on any atom is 0.310 e. The molecule has 1 aliphatic heterocycles. The van der Waals surface area contributed by atoms with Gasteiger partial charge in [-0.15, -0.1) is 0 Å². The van der Waals surface area contributed by atoms with Crippen LogP contribution in [0.15, 0.2) is 0 Å². The number of amides is 1. The summed E-state index contributed by atoms with van der Waals surface area (Å²) >= 11 is 0. The van der Waals surface area contributed by atoms with E-state index in [1.54, 1.807) is 0 Å². The van der Waals surface area contributed by atoms with Crippen molar-refractivity contribution in [1.82, 2.24) is 10.2 Å². The highest BCUT2D eigenvalue weighted by molar-refractivity contribution is 5.79. The molecule has 1 saturated carbocycles. The number of aliphatic carboxylic acids is 1. The average molecular weight is 282 g/mol. The van der Waals surface area contributed by atoms with Gasteiger partial charge in [-0.25, -0.2) is 0 Å². The normalized spacial score (nSPS) is 27.9. The smallest absolute Gasteiger partial charge is 0.310 e. The molecule has 0 aromatic rings. The molecule has 2 N–H and O–H groups in total. The lowest BCUT2D eigenvalue weighted by Crippen LogP contribution is -2.42. The van der Waals surface area contributed by atoms with Gasteiger partial charge in [0.15, 0.2) is 0 Å². The molecule has 1 amide bonds. The highest BCUT2D eigenvalue weighted by Gasteiger charge is 2.44. The van der Waals surface area contributed by atoms with E-state index in [1.165, 1.54) is 12.8 Å². The maximum atomic E-state index is 12.0. The van der Waals surface area contributed by atoms with Crippen LogP contribution in [-0.4, -0.2) is 47.6 Å². The fraction of sp³-hybridized carbons (Fsp3) is 0.867. The van der Waals surface area contributed by atoms with Gasteiger partial charge < -0.3 is 10.4 Å². The zero-order valence-corrected chi connectivity index (χ0v) is 12.4. The highest BCUT2D eigenvalue weighted by Crippen LogP contribution is 2.35. The van der Waals surface area contributed by atoms with E-state index in [4.69, 9.17) is 0 Å². The van der Waals surface area contributed by atoms with Gasteiger partial charge in [0, 0.05) is 12.6 Å². The first kappa shape index (κ1) is 15.3. The van der Waals surface area contributed by atoms with Crippen molar-refractivity contribution in [3.8, 4) is 0 Å². The molecule has 1 aliphatic carbocycles. The van der Waals surface area contributed by atoms with Crippen molar-refractivity contribution in [2.24, 2.45) is 5.41 Å². The summed E-state index contributed by atoms with van der Waals surface area (Å²) in [7, 11) is 0. The summed E-state index contributed by atoms with van der Waals surface area (Å²) in [5, 5.41) is 12.5. The predicted octanol–water partition coefficient (Wildman–Crippen LogP) is 1.62. The van der Waals surface area contributed by atoms with Crippen molar-refractivity contribution in [2.45, 2.75) is 57.9 Å². The molecule has 0 aromatic carbocycles. The zero-order valence-electron chi connectivity index (χ0n) is 12.4. The number of nitrogens with zero attached hydrogens (tertiary/aromatic N) is 1. The second-order valence-corrected chi connectivity index (χ2v) is 6.35. The number of carboxylic acids is 1. The summed E-state index contributed by atoms with van der Waals surface area (Å²) in [6.45, 7) is 3.58. The molecule has 0 aromatic heterocycles. The summed E-state index contributed by atoms with van der Waals surface area (Å²) < 4.78 is 0. The molecule has 2 fully saturated rings. The summed E-state index contributed by atoms with van der Waals surface area (Å²) in [5.74, 6) is -0.660. The largest absolute Gasteiger partial charge is 0.481 e. The summed E-state index contributed by atoms with van der Waals surface area (Å²) in [5.41, 5.74) is -0.637. The Hall–Kier alpha value is -1.10. The molecule has 2 aliphatic rings. The van der Waals surface area contributed by atoms with Gasteiger partial charge >= 0.3 is 5.97 Å². The third kappa shape index (κ3) is 3.51. The minimum Gasteiger partial charge on any atom is -0.481 e. The molecule has 5 heteroatoms. The van der Waals surface area contributed by atoms with Crippen LogP contribution in [0.1, 0.15) is 51.9 Å². The van der Waals surface area contributed by atoms with Crippen LogP contribution in [0.25, 0.3) is 0 Å². The number of rotatable bonds is 6. The van der Waals surface area contributed by atoms with Gasteiger partial charge in [0.05, 0.1) is 12.0 Å². The van der Waals surface area contributed by atoms with Gasteiger partial charge in [-0.3, -0.25) is 14.5 Å². The van der Waals surface area contributed by atoms with Gasteiger partial charge in [0.25, 0.3) is 0 Å². The first-order chi connectivity index (χ1) is 9.55. The Balaban J connectivity index is 1.82. The standard InChI is InChI=1S/C15H26N2O3/c1-2-7-15(14(19)20)8-9-17(11-15)10-13(18)16-12-5-3-4-6-12/h12H,2-11H2,1H3,(H,16,18)(H,19,20). The number of carbonyl (C=O) groups is 2. The first-order valence-electron chi connectivity index (χ1n) is 7.81. The molecule has 0 bridgehead atoms. The van der Waals surface area contributed by atoms with Crippen LogP contribution in [0.2, 0.25) is 0 Å². The van der Waals surface area contributed by atoms with Crippen molar-refractivity contribution in [3.05, 3.63) is 0 Å². The van der Waals surface area contributed by atoms with E-state index in [2.05, 4.69) is 5.32 Å². The maximum absolute atomic E-state index is 12.0. The molecule has 1 heterocycles. The number of carboxylic acid groups (broad SMARTS) is 1. The van der Waals surface area contributed by atoms with E-state index < -0.39 is 11.4 Å². The van der Waals surface area contributed by atoms with E-state index in [1.807, 2.05) is 11.8 Å². The summed E-state index contributed by atoms with van der Waals surface area (Å²) in [4.78, 5) is 25.5. The first-order valence-corrected chi connectivity index (χ1v) is 7.81. The second kappa shape index (κ2) is 6.57. The average Bonchev–Trinajstić information content (AvgIpc) is 3.00. The molecule has 20 heavy (non-hydrogen) atoms. The summed E-state index contributed by atoms with van der Waals surface area (Å²) in [6.07, 6.45) is 6.80. The zero-order chi connectivity index (χ0) is 14.6. The van der Waals surface area contributed by atoms with Crippen LogP contribution in [0, 0.1) is 5.41 Å².